The highest BCUT2D eigenvalue weighted by atomic mass is 16.5. The van der Waals surface area contributed by atoms with Gasteiger partial charge in [-0.15, -0.1) is 0 Å². The summed E-state index contributed by atoms with van der Waals surface area (Å²) in [6.45, 7) is 4.96. The van der Waals surface area contributed by atoms with Crippen molar-refractivity contribution in [1.82, 2.24) is 0 Å². The number of benzene rings is 2. The third-order valence-electron chi connectivity index (χ3n) is 2.73. The third-order valence-corrected chi connectivity index (χ3v) is 2.73. The van der Waals surface area contributed by atoms with Crippen LogP contribution in [-0.2, 0) is 6.61 Å². The smallest absolute Gasteiger partial charge is 0.119 e. The average Bonchev–Trinajstić information content (AvgIpc) is 2.45. The third kappa shape index (κ3) is 3.22. The van der Waals surface area contributed by atoms with E-state index >= 15 is 0 Å². The Bertz CT molecular complexity index is 520. The van der Waals surface area contributed by atoms with Crippen molar-refractivity contribution in [1.29, 1.82) is 0 Å². The molecule has 0 aliphatic heterocycles. The van der Waals surface area contributed by atoms with Gasteiger partial charge in [0.1, 0.15) is 12.4 Å². The van der Waals surface area contributed by atoms with Gasteiger partial charge in [-0.2, -0.15) is 0 Å². The van der Waals surface area contributed by atoms with Crippen molar-refractivity contribution < 1.29 is 4.74 Å². The summed E-state index contributed by atoms with van der Waals surface area (Å²) < 4.78 is 5.70. The molecule has 2 rings (SSSR count). The van der Waals surface area contributed by atoms with Crippen LogP contribution in [0.15, 0.2) is 61.2 Å². The van der Waals surface area contributed by atoms with Gasteiger partial charge in [0.05, 0.1) is 0 Å². The van der Waals surface area contributed by atoms with Gasteiger partial charge in [-0.3, -0.25) is 0 Å². The monoisotopic (exact) mass is 239 g/mol. The van der Waals surface area contributed by atoms with Crippen molar-refractivity contribution in [2.24, 2.45) is 5.73 Å². The number of hydrogen-bond donors (Lipinski definition) is 1. The van der Waals surface area contributed by atoms with Crippen LogP contribution in [0.5, 0.6) is 5.75 Å². The topological polar surface area (TPSA) is 35.2 Å². The second-order valence-corrected chi connectivity index (χ2v) is 4.11. The zero-order valence-corrected chi connectivity index (χ0v) is 10.3. The van der Waals surface area contributed by atoms with Gasteiger partial charge in [0.15, 0.2) is 0 Å². The minimum absolute atomic E-state index is 0.475. The lowest BCUT2D eigenvalue weighted by atomic mass is 10.1. The first kappa shape index (κ1) is 12.4. The van der Waals surface area contributed by atoms with Crippen LogP contribution in [0.1, 0.15) is 11.1 Å². The predicted octanol–water partition coefficient (Wildman–Crippen LogP) is 3.24. The van der Waals surface area contributed by atoms with E-state index in [1.54, 1.807) is 0 Å². The molecule has 0 heterocycles. The zero-order chi connectivity index (χ0) is 12.8. The van der Waals surface area contributed by atoms with Gasteiger partial charge in [-0.05, 0) is 34.9 Å². The summed E-state index contributed by atoms with van der Waals surface area (Å²) in [6, 6.07) is 17.9. The van der Waals surface area contributed by atoms with E-state index in [-0.39, 0.29) is 0 Å². The maximum Gasteiger partial charge on any atom is 0.119 e. The standard InChI is InChI=1S/C16H17NO/c1-13(11-17)15-7-5-6-14(10-15)12-18-16-8-3-2-4-9-16/h2-10H,1,11-12,17H2. The molecule has 2 aromatic rings. The molecule has 0 unspecified atom stereocenters. The molecular formula is C16H17NO. The van der Waals surface area contributed by atoms with Gasteiger partial charge in [0.25, 0.3) is 0 Å². The summed E-state index contributed by atoms with van der Waals surface area (Å²) in [4.78, 5) is 0. The molecule has 2 nitrogen and oxygen atoms in total. The maximum absolute atomic E-state index is 5.70. The van der Waals surface area contributed by atoms with Crippen LogP contribution in [0.25, 0.3) is 5.57 Å². The summed E-state index contributed by atoms with van der Waals surface area (Å²) in [5, 5.41) is 0. The van der Waals surface area contributed by atoms with Crippen LogP contribution in [0.2, 0.25) is 0 Å². The normalized spacial score (nSPS) is 10.1. The van der Waals surface area contributed by atoms with Crippen molar-refractivity contribution in [3.05, 3.63) is 72.3 Å². The highest BCUT2D eigenvalue weighted by molar-refractivity contribution is 5.64. The summed E-state index contributed by atoms with van der Waals surface area (Å²) in [5.41, 5.74) is 8.72. The summed E-state index contributed by atoms with van der Waals surface area (Å²) >= 11 is 0. The Morgan fingerprint density at radius 3 is 2.56 bits per heavy atom. The quantitative estimate of drug-likeness (QED) is 0.869. The molecule has 92 valence electrons. The predicted molar refractivity (Wildman–Crippen MR) is 75.3 cm³/mol. The Morgan fingerprint density at radius 1 is 1.06 bits per heavy atom. The van der Waals surface area contributed by atoms with E-state index in [0.29, 0.717) is 13.2 Å². The minimum atomic E-state index is 0.475. The molecule has 0 atom stereocenters. The average molecular weight is 239 g/mol. The molecule has 0 amide bonds. The van der Waals surface area contributed by atoms with Crippen LogP contribution in [0, 0.1) is 0 Å². The fraction of sp³-hybridized carbons (Fsp3) is 0.125. The fourth-order valence-electron chi connectivity index (χ4n) is 1.68. The molecule has 2 aromatic carbocycles. The van der Waals surface area contributed by atoms with Gasteiger partial charge >= 0.3 is 0 Å². The van der Waals surface area contributed by atoms with E-state index in [9.17, 15) is 0 Å². The Labute approximate surface area is 108 Å². The molecule has 0 bridgehead atoms. The number of rotatable bonds is 5. The highest BCUT2D eigenvalue weighted by Gasteiger charge is 2.00. The first-order valence-corrected chi connectivity index (χ1v) is 5.94. The van der Waals surface area contributed by atoms with Crippen molar-refractivity contribution in [3.63, 3.8) is 0 Å². The Kier molecular flexibility index (Phi) is 4.15. The lowest BCUT2D eigenvalue weighted by Crippen LogP contribution is -2.02. The van der Waals surface area contributed by atoms with Gasteiger partial charge in [-0.1, -0.05) is 43.0 Å². The fourth-order valence-corrected chi connectivity index (χ4v) is 1.68. The summed E-state index contributed by atoms with van der Waals surface area (Å²) in [5.74, 6) is 0.876. The highest BCUT2D eigenvalue weighted by Crippen LogP contribution is 2.15. The van der Waals surface area contributed by atoms with Gasteiger partial charge < -0.3 is 10.5 Å². The molecule has 0 aromatic heterocycles. The zero-order valence-electron chi connectivity index (χ0n) is 10.3. The molecule has 0 aliphatic carbocycles. The number of ether oxygens (including phenoxy) is 1. The first-order chi connectivity index (χ1) is 8.79. The Morgan fingerprint density at radius 2 is 1.83 bits per heavy atom. The summed E-state index contributed by atoms with van der Waals surface area (Å²) in [7, 11) is 0. The molecule has 0 saturated carbocycles. The molecule has 0 saturated heterocycles. The van der Waals surface area contributed by atoms with Crippen LogP contribution < -0.4 is 10.5 Å². The van der Waals surface area contributed by atoms with Crippen molar-refractivity contribution in [3.8, 4) is 5.75 Å². The van der Waals surface area contributed by atoms with Gasteiger partial charge in [-0.25, -0.2) is 0 Å². The van der Waals surface area contributed by atoms with Gasteiger partial charge in [0, 0.05) is 6.54 Å². The Hall–Kier alpha value is -2.06. The largest absolute Gasteiger partial charge is 0.489 e. The number of nitrogens with two attached hydrogens (primary N) is 1. The molecule has 2 heteroatoms. The van der Waals surface area contributed by atoms with Crippen LogP contribution >= 0.6 is 0 Å². The Balaban J connectivity index is 2.04. The van der Waals surface area contributed by atoms with Crippen LogP contribution in [-0.4, -0.2) is 6.54 Å². The van der Waals surface area contributed by atoms with E-state index < -0.39 is 0 Å². The summed E-state index contributed by atoms with van der Waals surface area (Å²) in [6.07, 6.45) is 0. The molecule has 0 spiro atoms. The first-order valence-electron chi connectivity index (χ1n) is 5.94. The van der Waals surface area contributed by atoms with E-state index in [2.05, 4.69) is 12.6 Å². The molecule has 2 N–H and O–H groups in total. The SMILES string of the molecule is C=C(CN)c1cccc(COc2ccccc2)c1. The maximum atomic E-state index is 5.70. The minimum Gasteiger partial charge on any atom is -0.489 e. The number of hydrogen-bond acceptors (Lipinski definition) is 2. The van der Waals surface area contributed by atoms with Crippen LogP contribution in [0.3, 0.4) is 0 Å². The van der Waals surface area contributed by atoms with Crippen molar-refractivity contribution in [2.75, 3.05) is 6.54 Å². The molecule has 0 radical (unpaired) electrons. The van der Waals surface area contributed by atoms with E-state index in [4.69, 9.17) is 10.5 Å². The second-order valence-electron chi connectivity index (χ2n) is 4.11. The van der Waals surface area contributed by atoms with Gasteiger partial charge in [0.2, 0.25) is 0 Å². The number of para-hydroxylation sites is 1. The van der Waals surface area contributed by atoms with Crippen molar-refractivity contribution in [2.45, 2.75) is 6.61 Å². The molecule has 0 aliphatic rings. The van der Waals surface area contributed by atoms with E-state index in [1.807, 2.05) is 48.5 Å². The molecular weight excluding hydrogens is 222 g/mol. The molecule has 0 fully saturated rings. The van der Waals surface area contributed by atoms with Crippen LogP contribution in [0.4, 0.5) is 0 Å². The lowest BCUT2D eigenvalue weighted by Gasteiger charge is -2.08. The van der Waals surface area contributed by atoms with E-state index in [0.717, 1.165) is 22.4 Å². The lowest BCUT2D eigenvalue weighted by molar-refractivity contribution is 0.306. The van der Waals surface area contributed by atoms with Crippen molar-refractivity contribution >= 4 is 5.57 Å². The second kappa shape index (κ2) is 6.03. The molecule has 18 heavy (non-hydrogen) atoms. The van der Waals surface area contributed by atoms with E-state index in [1.165, 1.54) is 0 Å².